The van der Waals surface area contributed by atoms with Crippen molar-refractivity contribution in [3.8, 4) is 17.2 Å². The van der Waals surface area contributed by atoms with Gasteiger partial charge in [0.2, 0.25) is 11.0 Å². The van der Waals surface area contributed by atoms with Crippen molar-refractivity contribution in [2.45, 2.75) is 11.3 Å². The van der Waals surface area contributed by atoms with E-state index in [2.05, 4.69) is 26.1 Å². The van der Waals surface area contributed by atoms with Crippen LogP contribution in [0, 0.1) is 0 Å². The number of hydrogen-bond acceptors (Lipinski definition) is 10. The summed E-state index contributed by atoms with van der Waals surface area (Å²) in [5.41, 5.74) is 1.27. The summed E-state index contributed by atoms with van der Waals surface area (Å²) in [5.74, 6) is 1.44. The predicted octanol–water partition coefficient (Wildman–Crippen LogP) is 3.89. The number of imide groups is 1. The van der Waals surface area contributed by atoms with Crippen LogP contribution in [0.1, 0.15) is 6.92 Å². The third kappa shape index (κ3) is 6.26. The maximum atomic E-state index is 12.2. The molecule has 0 radical (unpaired) electrons. The average Bonchev–Trinajstić information content (AvgIpc) is 3.26. The molecule has 0 atom stereocenters. The normalized spacial score (nSPS) is 12.0. The van der Waals surface area contributed by atoms with Crippen molar-refractivity contribution in [1.82, 2.24) is 15.5 Å². The van der Waals surface area contributed by atoms with Crippen LogP contribution in [0.2, 0.25) is 0 Å². The van der Waals surface area contributed by atoms with E-state index < -0.39 is 11.9 Å². The van der Waals surface area contributed by atoms with Crippen molar-refractivity contribution >= 4 is 51.5 Å². The maximum absolute atomic E-state index is 12.2. The maximum Gasteiger partial charge on any atom is 0.325 e. The molecule has 3 aromatic rings. The molecule has 0 saturated heterocycles. The van der Waals surface area contributed by atoms with Gasteiger partial charge < -0.3 is 24.8 Å². The number of fused-ring (bicyclic) bond motifs is 1. The van der Waals surface area contributed by atoms with Crippen molar-refractivity contribution in [2.75, 3.05) is 36.2 Å². The van der Waals surface area contributed by atoms with Gasteiger partial charge >= 0.3 is 6.03 Å². The zero-order chi connectivity index (χ0) is 23.0. The molecule has 1 aliphatic rings. The molecule has 1 aromatic heterocycles. The van der Waals surface area contributed by atoms with Gasteiger partial charge in [0.1, 0.15) is 19.0 Å². The van der Waals surface area contributed by atoms with Gasteiger partial charge in [-0.15, -0.1) is 10.2 Å². The number of ether oxygens (including phenoxy) is 3. The first-order valence-electron chi connectivity index (χ1n) is 10.1. The van der Waals surface area contributed by atoms with E-state index in [1.165, 1.54) is 23.1 Å². The summed E-state index contributed by atoms with van der Waals surface area (Å²) in [6.45, 7) is 3.39. The summed E-state index contributed by atoms with van der Waals surface area (Å²) < 4.78 is 17.1. The van der Waals surface area contributed by atoms with E-state index in [0.717, 1.165) is 5.69 Å². The molecule has 10 nitrogen and oxygen atoms in total. The van der Waals surface area contributed by atoms with E-state index in [4.69, 9.17) is 14.2 Å². The smallest absolute Gasteiger partial charge is 0.325 e. The van der Waals surface area contributed by atoms with Crippen LogP contribution < -0.4 is 30.2 Å². The van der Waals surface area contributed by atoms with Gasteiger partial charge in [0.25, 0.3) is 0 Å². The first kappa shape index (κ1) is 22.7. The molecular formula is C21H21N5O5S2. The summed E-state index contributed by atoms with van der Waals surface area (Å²) in [6, 6.07) is 11.9. The topological polar surface area (TPSA) is 124 Å². The standard InChI is InChI=1S/C21H21N5O5S2/c1-2-29-15-6-4-3-5-14(15)23-20-25-26-21(33-20)32-12-18(27)24-19(28)22-13-7-8-16-17(11-13)31-10-9-30-16/h3-8,11H,2,9-10,12H2,1H3,(H,23,25)(H2,22,24,27,28). The summed E-state index contributed by atoms with van der Waals surface area (Å²) >= 11 is 2.49. The van der Waals surface area contributed by atoms with Crippen LogP contribution in [0.25, 0.3) is 0 Å². The van der Waals surface area contributed by atoms with Crippen molar-refractivity contribution in [2.24, 2.45) is 0 Å². The Morgan fingerprint density at radius 1 is 1.12 bits per heavy atom. The van der Waals surface area contributed by atoms with Gasteiger partial charge in [0.15, 0.2) is 15.8 Å². The van der Waals surface area contributed by atoms with Gasteiger partial charge in [-0.25, -0.2) is 4.79 Å². The monoisotopic (exact) mass is 487 g/mol. The fourth-order valence-corrected chi connectivity index (χ4v) is 4.42. The number of amides is 3. The minimum absolute atomic E-state index is 0.0126. The van der Waals surface area contributed by atoms with Gasteiger partial charge in [-0.2, -0.15) is 0 Å². The lowest BCUT2D eigenvalue weighted by atomic mass is 10.2. The molecule has 0 bridgehead atoms. The number of hydrogen-bond donors (Lipinski definition) is 3. The van der Waals surface area contributed by atoms with Gasteiger partial charge in [0, 0.05) is 11.8 Å². The molecule has 0 spiro atoms. The number of benzene rings is 2. The Bertz CT molecular complexity index is 1140. The lowest BCUT2D eigenvalue weighted by Gasteiger charge is -2.19. The number of rotatable bonds is 8. The molecule has 0 aliphatic carbocycles. The molecule has 172 valence electrons. The Morgan fingerprint density at radius 2 is 1.94 bits per heavy atom. The number of nitrogens with zero attached hydrogens (tertiary/aromatic N) is 2. The molecule has 1 aliphatic heterocycles. The Labute approximate surface area is 198 Å². The van der Waals surface area contributed by atoms with Crippen LogP contribution in [-0.4, -0.2) is 47.7 Å². The zero-order valence-corrected chi connectivity index (χ0v) is 19.3. The lowest BCUT2D eigenvalue weighted by molar-refractivity contribution is -0.117. The minimum atomic E-state index is -0.635. The Kier molecular flexibility index (Phi) is 7.47. The van der Waals surface area contributed by atoms with E-state index in [9.17, 15) is 9.59 Å². The van der Waals surface area contributed by atoms with Crippen LogP contribution in [-0.2, 0) is 4.79 Å². The number of para-hydroxylation sites is 2. The number of nitrogens with one attached hydrogen (secondary N) is 3. The third-order valence-corrected chi connectivity index (χ3v) is 6.19. The quantitative estimate of drug-likeness (QED) is 0.406. The summed E-state index contributed by atoms with van der Waals surface area (Å²) in [7, 11) is 0. The molecule has 2 aromatic carbocycles. The number of aromatic nitrogens is 2. The second-order valence-corrected chi connectivity index (χ2v) is 8.78. The second-order valence-electron chi connectivity index (χ2n) is 6.58. The third-order valence-electron chi connectivity index (χ3n) is 4.21. The zero-order valence-electron chi connectivity index (χ0n) is 17.6. The van der Waals surface area contributed by atoms with Gasteiger partial charge in [-0.05, 0) is 31.2 Å². The van der Waals surface area contributed by atoms with Crippen LogP contribution in [0.3, 0.4) is 0 Å². The van der Waals surface area contributed by atoms with E-state index in [0.29, 0.717) is 52.2 Å². The highest BCUT2D eigenvalue weighted by molar-refractivity contribution is 8.01. The lowest BCUT2D eigenvalue weighted by Crippen LogP contribution is -2.35. The van der Waals surface area contributed by atoms with E-state index in [-0.39, 0.29) is 5.75 Å². The molecule has 2 heterocycles. The molecule has 0 saturated carbocycles. The van der Waals surface area contributed by atoms with Crippen molar-refractivity contribution < 1.29 is 23.8 Å². The fraction of sp³-hybridized carbons (Fsp3) is 0.238. The Balaban J connectivity index is 1.25. The summed E-state index contributed by atoms with van der Waals surface area (Å²) in [6.07, 6.45) is 0. The molecule has 33 heavy (non-hydrogen) atoms. The molecule has 3 N–H and O–H groups in total. The van der Waals surface area contributed by atoms with E-state index in [1.807, 2.05) is 31.2 Å². The summed E-state index contributed by atoms with van der Waals surface area (Å²) in [4.78, 5) is 24.3. The van der Waals surface area contributed by atoms with Gasteiger partial charge in [0.05, 0.1) is 18.0 Å². The molecule has 0 fully saturated rings. The highest BCUT2D eigenvalue weighted by Crippen LogP contribution is 2.33. The van der Waals surface area contributed by atoms with E-state index >= 15 is 0 Å². The number of carbonyl (C=O) groups is 2. The fourth-order valence-electron chi connectivity index (χ4n) is 2.86. The van der Waals surface area contributed by atoms with Gasteiger partial charge in [-0.3, -0.25) is 10.1 Å². The van der Waals surface area contributed by atoms with Crippen LogP contribution >= 0.6 is 23.1 Å². The Morgan fingerprint density at radius 3 is 2.79 bits per heavy atom. The Hall–Kier alpha value is -3.51. The van der Waals surface area contributed by atoms with Crippen LogP contribution in [0.15, 0.2) is 46.8 Å². The average molecular weight is 488 g/mol. The SMILES string of the molecule is CCOc1ccccc1Nc1nnc(SCC(=O)NC(=O)Nc2ccc3c(c2)OCCO3)s1. The first-order valence-corrected chi connectivity index (χ1v) is 11.9. The van der Waals surface area contributed by atoms with Gasteiger partial charge in [-0.1, -0.05) is 35.2 Å². The highest BCUT2D eigenvalue weighted by atomic mass is 32.2. The van der Waals surface area contributed by atoms with Crippen molar-refractivity contribution in [3.63, 3.8) is 0 Å². The molecule has 0 unspecified atom stereocenters. The first-order chi connectivity index (χ1) is 16.1. The molecule has 12 heteroatoms. The second kappa shape index (κ2) is 10.9. The van der Waals surface area contributed by atoms with Crippen LogP contribution in [0.5, 0.6) is 17.2 Å². The molecule has 3 amide bonds. The number of urea groups is 1. The van der Waals surface area contributed by atoms with Crippen molar-refractivity contribution in [1.29, 1.82) is 0 Å². The predicted molar refractivity (Wildman–Crippen MR) is 126 cm³/mol. The molecular weight excluding hydrogens is 466 g/mol. The molecule has 4 rings (SSSR count). The number of anilines is 3. The van der Waals surface area contributed by atoms with E-state index in [1.54, 1.807) is 18.2 Å². The minimum Gasteiger partial charge on any atom is -0.492 e. The highest BCUT2D eigenvalue weighted by Gasteiger charge is 2.15. The number of carbonyl (C=O) groups excluding carboxylic acids is 2. The summed E-state index contributed by atoms with van der Waals surface area (Å²) in [5, 5.41) is 16.8. The van der Waals surface area contributed by atoms with Crippen LogP contribution in [0.4, 0.5) is 21.3 Å². The largest absolute Gasteiger partial charge is 0.492 e. The number of thioether (sulfide) groups is 1. The van der Waals surface area contributed by atoms with Crippen molar-refractivity contribution in [3.05, 3.63) is 42.5 Å².